The lowest BCUT2D eigenvalue weighted by molar-refractivity contribution is 0.107. The number of benzene rings is 1. The predicted molar refractivity (Wildman–Crippen MR) is 82.9 cm³/mol. The molecule has 8 heteroatoms. The minimum Gasteiger partial charge on any atom is -0.381 e. The molecule has 1 N–H and O–H groups in total. The van der Waals surface area contributed by atoms with Gasteiger partial charge in [-0.05, 0) is 31.4 Å². The Balaban J connectivity index is 2.24. The number of sulfonamides is 1. The fourth-order valence-corrected chi connectivity index (χ4v) is 5.55. The number of nitrogens with one attached hydrogen (secondary N) is 1. The van der Waals surface area contributed by atoms with E-state index in [-0.39, 0.29) is 27.1 Å². The van der Waals surface area contributed by atoms with Crippen LogP contribution in [0, 0.1) is 0 Å². The van der Waals surface area contributed by atoms with Gasteiger partial charge < -0.3 is 4.74 Å². The number of ether oxygens (including phenoxy) is 1. The van der Waals surface area contributed by atoms with Crippen LogP contribution < -0.4 is 4.72 Å². The number of methoxy groups -OCH3 is 1. The lowest BCUT2D eigenvalue weighted by Gasteiger charge is -2.15. The maximum absolute atomic E-state index is 12.4. The smallest absolute Gasteiger partial charge is 0.243 e. The Morgan fingerprint density at radius 3 is 2.40 bits per heavy atom. The van der Waals surface area contributed by atoms with Gasteiger partial charge >= 0.3 is 0 Å². The molecule has 0 aromatic heterocycles. The van der Waals surface area contributed by atoms with Gasteiger partial charge in [0, 0.05) is 17.6 Å². The fraction of sp³-hybridized carbons (Fsp3) is 0.500. The van der Waals surface area contributed by atoms with Crippen molar-refractivity contribution in [1.29, 1.82) is 0 Å². The maximum Gasteiger partial charge on any atom is 0.243 e. The van der Waals surface area contributed by atoms with Crippen molar-refractivity contribution >= 4 is 49.2 Å². The lowest BCUT2D eigenvalue weighted by atomic mass is 10.3. The van der Waals surface area contributed by atoms with E-state index >= 15 is 0 Å². The van der Waals surface area contributed by atoms with E-state index in [1.807, 2.05) is 0 Å². The Hall–Kier alpha value is 0.150. The first-order chi connectivity index (χ1) is 9.33. The zero-order valence-corrected chi connectivity index (χ0v) is 14.6. The van der Waals surface area contributed by atoms with Crippen LogP contribution in [-0.4, -0.2) is 27.7 Å². The van der Waals surface area contributed by atoms with E-state index in [2.05, 4.69) is 20.7 Å². The zero-order valence-electron chi connectivity index (χ0n) is 10.7. The van der Waals surface area contributed by atoms with E-state index in [9.17, 15) is 8.42 Å². The largest absolute Gasteiger partial charge is 0.381 e. The molecule has 0 saturated heterocycles. The lowest BCUT2D eigenvalue weighted by Crippen LogP contribution is -2.33. The summed E-state index contributed by atoms with van der Waals surface area (Å²) < 4.78 is 33.3. The molecule has 1 aliphatic carbocycles. The molecule has 1 aliphatic rings. The highest BCUT2D eigenvalue weighted by Crippen LogP contribution is 2.33. The first-order valence-electron chi connectivity index (χ1n) is 6.03. The van der Waals surface area contributed by atoms with Crippen molar-refractivity contribution < 1.29 is 13.2 Å². The number of halogens is 3. The molecule has 0 radical (unpaired) electrons. The molecule has 0 aliphatic heterocycles. The molecule has 1 saturated carbocycles. The van der Waals surface area contributed by atoms with Crippen molar-refractivity contribution in [2.75, 3.05) is 7.11 Å². The molecule has 2 unspecified atom stereocenters. The minimum atomic E-state index is -3.74. The molecule has 20 heavy (non-hydrogen) atoms. The Morgan fingerprint density at radius 1 is 1.30 bits per heavy atom. The highest BCUT2D eigenvalue weighted by molar-refractivity contribution is 9.10. The van der Waals surface area contributed by atoms with Crippen LogP contribution in [0.4, 0.5) is 0 Å². The molecule has 1 aromatic rings. The van der Waals surface area contributed by atoms with Crippen molar-refractivity contribution in [3.05, 3.63) is 26.7 Å². The van der Waals surface area contributed by atoms with Crippen molar-refractivity contribution in [3.63, 3.8) is 0 Å². The van der Waals surface area contributed by atoms with Crippen LogP contribution in [0.1, 0.15) is 19.3 Å². The summed E-state index contributed by atoms with van der Waals surface area (Å²) in [5, 5.41) is 0.191. The summed E-state index contributed by atoms with van der Waals surface area (Å²) in [6, 6.07) is 2.86. The van der Waals surface area contributed by atoms with Crippen LogP contribution in [0.3, 0.4) is 0 Å². The van der Waals surface area contributed by atoms with E-state index in [4.69, 9.17) is 27.9 Å². The van der Waals surface area contributed by atoms with Crippen LogP contribution in [-0.2, 0) is 14.8 Å². The van der Waals surface area contributed by atoms with E-state index in [0.29, 0.717) is 10.9 Å². The quantitative estimate of drug-likeness (QED) is 0.836. The SMILES string of the molecule is COC1CCC(NS(=O)(=O)c2c(Cl)cc(Br)cc2Cl)C1. The normalized spacial score (nSPS) is 23.2. The Morgan fingerprint density at radius 2 is 1.90 bits per heavy atom. The molecule has 0 spiro atoms. The summed E-state index contributed by atoms with van der Waals surface area (Å²) in [5.41, 5.74) is 0. The molecule has 0 bridgehead atoms. The Kier molecular flexibility index (Phi) is 5.37. The van der Waals surface area contributed by atoms with Gasteiger partial charge in [0.15, 0.2) is 0 Å². The van der Waals surface area contributed by atoms with Crippen molar-refractivity contribution in [3.8, 4) is 0 Å². The van der Waals surface area contributed by atoms with Crippen LogP contribution >= 0.6 is 39.1 Å². The second-order valence-electron chi connectivity index (χ2n) is 4.69. The molecule has 1 aromatic carbocycles. The van der Waals surface area contributed by atoms with Crippen LogP contribution in [0.2, 0.25) is 10.0 Å². The summed E-state index contributed by atoms with van der Waals surface area (Å²) >= 11 is 15.2. The Bertz CT molecular complexity index is 586. The van der Waals surface area contributed by atoms with Crippen LogP contribution in [0.5, 0.6) is 0 Å². The predicted octanol–water partition coefficient (Wildman–Crippen LogP) is 3.60. The summed E-state index contributed by atoms with van der Waals surface area (Å²) in [6.45, 7) is 0. The molecule has 2 atom stereocenters. The molecular weight excluding hydrogens is 389 g/mol. The minimum absolute atomic E-state index is 0.0788. The van der Waals surface area contributed by atoms with Crippen molar-refractivity contribution in [2.45, 2.75) is 36.3 Å². The summed E-state index contributed by atoms with van der Waals surface area (Å²) in [5.74, 6) is 0. The van der Waals surface area contributed by atoms with E-state index in [1.165, 1.54) is 12.1 Å². The van der Waals surface area contributed by atoms with Gasteiger partial charge in [-0.15, -0.1) is 0 Å². The topological polar surface area (TPSA) is 55.4 Å². The van der Waals surface area contributed by atoms with Gasteiger partial charge in [0.1, 0.15) is 4.90 Å². The molecule has 112 valence electrons. The average molecular weight is 403 g/mol. The molecule has 0 amide bonds. The van der Waals surface area contributed by atoms with Crippen LogP contribution in [0.15, 0.2) is 21.5 Å². The van der Waals surface area contributed by atoms with Gasteiger partial charge in [0.2, 0.25) is 10.0 Å². The highest BCUT2D eigenvalue weighted by Gasteiger charge is 2.30. The third-order valence-corrected chi connectivity index (χ3v) is 6.17. The summed E-state index contributed by atoms with van der Waals surface area (Å²) in [7, 11) is -2.11. The third-order valence-electron chi connectivity index (χ3n) is 3.27. The zero-order chi connectivity index (χ0) is 14.9. The van der Waals surface area contributed by atoms with Crippen molar-refractivity contribution in [2.24, 2.45) is 0 Å². The molecule has 4 nitrogen and oxygen atoms in total. The third kappa shape index (κ3) is 3.67. The average Bonchev–Trinajstić information content (AvgIpc) is 2.73. The van der Waals surface area contributed by atoms with E-state index in [1.54, 1.807) is 7.11 Å². The number of hydrogen-bond donors (Lipinski definition) is 1. The maximum atomic E-state index is 12.4. The summed E-state index contributed by atoms with van der Waals surface area (Å²) in [4.78, 5) is -0.0788. The fourth-order valence-electron chi connectivity index (χ4n) is 2.33. The second-order valence-corrected chi connectivity index (χ2v) is 8.07. The molecule has 0 heterocycles. The van der Waals surface area contributed by atoms with E-state index < -0.39 is 10.0 Å². The first kappa shape index (κ1) is 16.5. The van der Waals surface area contributed by atoms with Gasteiger partial charge in [0.25, 0.3) is 0 Å². The van der Waals surface area contributed by atoms with E-state index in [0.717, 1.165) is 12.8 Å². The van der Waals surface area contributed by atoms with Crippen LogP contribution in [0.25, 0.3) is 0 Å². The van der Waals surface area contributed by atoms with Gasteiger partial charge in [-0.2, -0.15) is 0 Å². The summed E-state index contributed by atoms with van der Waals surface area (Å²) in [6.07, 6.45) is 2.33. The van der Waals surface area contributed by atoms with Crippen molar-refractivity contribution in [1.82, 2.24) is 4.72 Å². The van der Waals surface area contributed by atoms with Gasteiger partial charge in [-0.1, -0.05) is 39.1 Å². The monoisotopic (exact) mass is 401 g/mol. The molecular formula is C12H14BrCl2NO3S. The second kappa shape index (κ2) is 6.50. The molecule has 2 rings (SSSR count). The highest BCUT2D eigenvalue weighted by atomic mass is 79.9. The van der Waals surface area contributed by atoms with Gasteiger partial charge in [-0.3, -0.25) is 0 Å². The van der Waals surface area contributed by atoms with Gasteiger partial charge in [0.05, 0.1) is 16.1 Å². The first-order valence-corrected chi connectivity index (χ1v) is 9.06. The standard InChI is InChI=1S/C12H14BrCl2NO3S/c1-19-9-3-2-8(6-9)16-20(17,18)12-10(14)4-7(13)5-11(12)15/h4-5,8-9,16H,2-3,6H2,1H3. The van der Waals surface area contributed by atoms with Gasteiger partial charge in [-0.25, -0.2) is 13.1 Å². The Labute approximate surface area is 137 Å². The number of hydrogen-bond acceptors (Lipinski definition) is 3. The number of rotatable bonds is 4. The molecule has 1 fully saturated rings.